The molecular formula is C77H151NO5. The highest BCUT2D eigenvalue weighted by molar-refractivity contribution is 5.80. The number of allylic oxidation sites excluding steroid dienone is 4. The van der Waals surface area contributed by atoms with E-state index in [2.05, 4.69) is 43.5 Å². The highest BCUT2D eigenvalue weighted by Crippen LogP contribution is 2.20. The monoisotopic (exact) mass is 1170 g/mol. The zero-order chi connectivity index (χ0) is 60.1. The molecule has 0 radical (unpaired) electrons. The van der Waals surface area contributed by atoms with E-state index in [9.17, 15) is 25.2 Å². The molecule has 0 aromatic rings. The fourth-order valence-electron chi connectivity index (χ4n) is 12.5. The Morgan fingerprint density at radius 3 is 0.759 bits per heavy atom. The van der Waals surface area contributed by atoms with Gasteiger partial charge < -0.3 is 25.7 Å². The number of rotatable bonds is 72. The first-order valence-electron chi connectivity index (χ1n) is 38.2. The Labute approximate surface area is 520 Å². The van der Waals surface area contributed by atoms with Crippen molar-refractivity contribution in [3.8, 4) is 0 Å². The first kappa shape index (κ1) is 81.8. The molecule has 5 N–H and O–H groups in total. The Balaban J connectivity index is 3.53. The van der Waals surface area contributed by atoms with E-state index in [1.165, 1.54) is 360 Å². The highest BCUT2D eigenvalue weighted by Gasteiger charge is 2.28. The Morgan fingerprint density at radius 1 is 0.289 bits per heavy atom. The van der Waals surface area contributed by atoms with Crippen molar-refractivity contribution in [2.45, 2.75) is 456 Å². The molecule has 0 heterocycles. The second kappa shape index (κ2) is 71.5. The van der Waals surface area contributed by atoms with E-state index in [-0.39, 0.29) is 0 Å². The van der Waals surface area contributed by atoms with Crippen molar-refractivity contribution in [1.82, 2.24) is 5.32 Å². The number of hydrogen-bond acceptors (Lipinski definition) is 5. The molecular weight excluding hydrogens is 1020 g/mol. The van der Waals surface area contributed by atoms with Crippen LogP contribution in [0.3, 0.4) is 0 Å². The SMILES string of the molecule is CCCCCCCCCCCCCCCCCCCCCCCC/C=C/CC/C=C/CCCC(O)C(O)C(CO)NC(=O)C(O)CCCCCCCCCCCCCCCCCCCCCCCCCCCCCCCCCCCCCC. The van der Waals surface area contributed by atoms with Crippen molar-refractivity contribution in [2.75, 3.05) is 6.61 Å². The largest absolute Gasteiger partial charge is 0.394 e. The third kappa shape index (κ3) is 65.1. The average molecular weight is 1170 g/mol. The van der Waals surface area contributed by atoms with Crippen molar-refractivity contribution in [3.05, 3.63) is 24.3 Å². The van der Waals surface area contributed by atoms with Crippen LogP contribution in [-0.4, -0.2) is 57.3 Å². The van der Waals surface area contributed by atoms with Crippen molar-refractivity contribution in [3.63, 3.8) is 0 Å². The molecule has 0 spiro atoms. The maximum absolute atomic E-state index is 12.7. The van der Waals surface area contributed by atoms with Crippen LogP contribution in [0, 0.1) is 0 Å². The number of carbonyl (C=O) groups is 1. The van der Waals surface area contributed by atoms with E-state index < -0.39 is 36.9 Å². The van der Waals surface area contributed by atoms with Gasteiger partial charge in [-0.05, 0) is 51.4 Å². The second-order valence-corrected chi connectivity index (χ2v) is 26.7. The summed E-state index contributed by atoms with van der Waals surface area (Å²) < 4.78 is 0. The summed E-state index contributed by atoms with van der Waals surface area (Å²) in [5, 5.41) is 44.3. The minimum Gasteiger partial charge on any atom is -0.394 e. The van der Waals surface area contributed by atoms with Crippen molar-refractivity contribution >= 4 is 5.91 Å². The van der Waals surface area contributed by atoms with Gasteiger partial charge in [0.05, 0.1) is 18.8 Å². The van der Waals surface area contributed by atoms with Crippen molar-refractivity contribution in [1.29, 1.82) is 0 Å². The van der Waals surface area contributed by atoms with Gasteiger partial charge in [-0.25, -0.2) is 0 Å². The van der Waals surface area contributed by atoms with Gasteiger partial charge in [-0.15, -0.1) is 0 Å². The van der Waals surface area contributed by atoms with Gasteiger partial charge in [0.2, 0.25) is 5.91 Å². The van der Waals surface area contributed by atoms with E-state index in [1.54, 1.807) is 0 Å². The molecule has 0 saturated heterocycles. The molecule has 0 saturated carbocycles. The third-order valence-corrected chi connectivity index (χ3v) is 18.4. The van der Waals surface area contributed by atoms with E-state index >= 15 is 0 Å². The van der Waals surface area contributed by atoms with Crippen LogP contribution in [0.15, 0.2) is 24.3 Å². The molecule has 0 aromatic heterocycles. The predicted molar refractivity (Wildman–Crippen MR) is 367 cm³/mol. The van der Waals surface area contributed by atoms with E-state index in [0.29, 0.717) is 19.3 Å². The summed E-state index contributed by atoms with van der Waals surface area (Å²) in [6.45, 7) is 4.11. The number of aliphatic hydroxyl groups excluding tert-OH is 4. The van der Waals surface area contributed by atoms with Crippen molar-refractivity contribution in [2.24, 2.45) is 0 Å². The first-order valence-corrected chi connectivity index (χ1v) is 38.2. The third-order valence-electron chi connectivity index (χ3n) is 18.4. The Kier molecular flexibility index (Phi) is 70.5. The van der Waals surface area contributed by atoms with Crippen LogP contribution < -0.4 is 5.32 Å². The van der Waals surface area contributed by atoms with Crippen LogP contribution in [0.2, 0.25) is 0 Å². The molecule has 4 atom stereocenters. The molecule has 0 bridgehead atoms. The molecule has 494 valence electrons. The lowest BCUT2D eigenvalue weighted by Gasteiger charge is -2.27. The van der Waals surface area contributed by atoms with Gasteiger partial charge >= 0.3 is 0 Å². The first-order chi connectivity index (χ1) is 41.0. The fraction of sp³-hybridized carbons (Fsp3) is 0.935. The lowest BCUT2D eigenvalue weighted by Crippen LogP contribution is -2.53. The number of unbranched alkanes of at least 4 members (excludes halogenated alkanes) is 59. The van der Waals surface area contributed by atoms with Gasteiger partial charge in [-0.1, -0.05) is 404 Å². The van der Waals surface area contributed by atoms with E-state index in [4.69, 9.17) is 0 Å². The standard InChI is InChI=1S/C77H151NO5/c1-3-5-7-9-11-13-15-17-19-21-23-25-27-29-31-33-35-36-37-38-39-41-43-45-47-49-51-53-55-57-59-61-63-65-67-69-71-75(81)77(83)78-73(72-79)76(82)74(80)70-68-66-64-62-60-58-56-54-52-50-48-46-44-42-40-34-32-30-28-26-24-22-20-18-16-14-12-10-8-6-4-2/h54,56,62,64,73-76,79-82H,3-53,55,57-61,63,65-72H2,1-2H3,(H,78,83)/b56-54+,64-62+. The van der Waals surface area contributed by atoms with Gasteiger partial charge in [-0.3, -0.25) is 4.79 Å². The minimum atomic E-state index is -1.29. The number of amides is 1. The summed E-state index contributed by atoms with van der Waals surface area (Å²) >= 11 is 0. The molecule has 6 heteroatoms. The Bertz CT molecular complexity index is 1270. The van der Waals surface area contributed by atoms with Crippen LogP contribution in [0.5, 0.6) is 0 Å². The quantitative estimate of drug-likeness (QED) is 0.0308. The summed E-state index contributed by atoms with van der Waals surface area (Å²) in [6, 6.07) is -1.01. The summed E-state index contributed by atoms with van der Waals surface area (Å²) in [6.07, 6.45) is 92.1. The zero-order valence-electron chi connectivity index (χ0n) is 56.5. The van der Waals surface area contributed by atoms with Gasteiger partial charge in [0.15, 0.2) is 0 Å². The summed E-state index contributed by atoms with van der Waals surface area (Å²) in [4.78, 5) is 12.7. The average Bonchev–Trinajstić information content (AvgIpc) is 3.53. The summed E-state index contributed by atoms with van der Waals surface area (Å²) in [5.74, 6) is -0.588. The number of nitrogens with one attached hydrogen (secondary N) is 1. The van der Waals surface area contributed by atoms with Crippen LogP contribution in [-0.2, 0) is 4.79 Å². The molecule has 0 fully saturated rings. The molecule has 1 amide bonds. The number of hydrogen-bond donors (Lipinski definition) is 5. The van der Waals surface area contributed by atoms with E-state index in [0.717, 1.165) is 38.5 Å². The maximum Gasteiger partial charge on any atom is 0.249 e. The molecule has 0 aromatic carbocycles. The summed E-state index contributed by atoms with van der Waals surface area (Å²) in [7, 11) is 0. The fourth-order valence-corrected chi connectivity index (χ4v) is 12.5. The summed E-state index contributed by atoms with van der Waals surface area (Å²) in [5.41, 5.74) is 0. The molecule has 83 heavy (non-hydrogen) atoms. The normalized spacial score (nSPS) is 13.5. The second-order valence-electron chi connectivity index (χ2n) is 26.7. The maximum atomic E-state index is 12.7. The smallest absolute Gasteiger partial charge is 0.249 e. The zero-order valence-corrected chi connectivity index (χ0v) is 56.5. The molecule has 0 rings (SSSR count). The molecule has 0 aliphatic heterocycles. The van der Waals surface area contributed by atoms with Crippen LogP contribution in [0.25, 0.3) is 0 Å². The minimum absolute atomic E-state index is 0.365. The van der Waals surface area contributed by atoms with Crippen LogP contribution in [0.4, 0.5) is 0 Å². The van der Waals surface area contributed by atoms with Crippen LogP contribution >= 0.6 is 0 Å². The predicted octanol–water partition coefficient (Wildman–Crippen LogP) is 24.1. The molecule has 4 unspecified atom stereocenters. The van der Waals surface area contributed by atoms with Gasteiger partial charge in [0.1, 0.15) is 12.2 Å². The topological polar surface area (TPSA) is 110 Å². The Hall–Kier alpha value is -1.21. The number of aliphatic hydroxyl groups is 4. The van der Waals surface area contributed by atoms with E-state index in [1.807, 2.05) is 0 Å². The lowest BCUT2D eigenvalue weighted by atomic mass is 10.00. The number of carbonyl (C=O) groups excluding carboxylic acids is 1. The lowest BCUT2D eigenvalue weighted by molar-refractivity contribution is -0.132. The van der Waals surface area contributed by atoms with Crippen molar-refractivity contribution < 1.29 is 25.2 Å². The Morgan fingerprint density at radius 2 is 0.506 bits per heavy atom. The van der Waals surface area contributed by atoms with Gasteiger partial charge in [-0.2, -0.15) is 0 Å². The van der Waals surface area contributed by atoms with Gasteiger partial charge in [0.25, 0.3) is 0 Å². The van der Waals surface area contributed by atoms with Gasteiger partial charge in [0, 0.05) is 0 Å². The molecule has 6 nitrogen and oxygen atoms in total. The molecule has 0 aliphatic carbocycles. The molecule has 0 aliphatic rings. The van der Waals surface area contributed by atoms with Crippen LogP contribution in [0.1, 0.15) is 431 Å². The highest BCUT2D eigenvalue weighted by atomic mass is 16.3.